The van der Waals surface area contributed by atoms with Crippen LogP contribution in [-0.4, -0.2) is 56.6 Å². The molecule has 0 aromatic carbocycles. The number of carbonyl (C=O) groups is 3. The molecule has 8 nitrogen and oxygen atoms in total. The Morgan fingerprint density at radius 1 is 1.02 bits per heavy atom. The summed E-state index contributed by atoms with van der Waals surface area (Å²) in [5.74, 6) is -4.05. The van der Waals surface area contributed by atoms with Crippen LogP contribution < -0.4 is 0 Å². The number of aliphatic hydroxyl groups is 3. The molecule has 2 fully saturated rings. The number of esters is 2. The molecule has 0 aromatic rings. The Morgan fingerprint density at radius 2 is 1.71 bits per heavy atom. The molecule has 0 radical (unpaired) electrons. The summed E-state index contributed by atoms with van der Waals surface area (Å²) in [6.45, 7) is 15.6. The van der Waals surface area contributed by atoms with E-state index in [0.29, 0.717) is 24.3 Å². The van der Waals surface area contributed by atoms with Gasteiger partial charge in [-0.15, -0.1) is 0 Å². The minimum absolute atomic E-state index is 0.0840. The third-order valence-corrected chi connectivity index (χ3v) is 11.8. The van der Waals surface area contributed by atoms with Crippen molar-refractivity contribution in [3.05, 3.63) is 69.9 Å². The third-order valence-electron chi connectivity index (χ3n) is 11.8. The molecular weight excluding hydrogens is 620 g/mol. The molecule has 270 valence electrons. The van der Waals surface area contributed by atoms with Gasteiger partial charge in [-0.05, 0) is 107 Å². The summed E-state index contributed by atoms with van der Waals surface area (Å²) in [7, 11) is 0. The first-order valence-corrected chi connectivity index (χ1v) is 18.2. The molecule has 49 heavy (non-hydrogen) atoms. The summed E-state index contributed by atoms with van der Waals surface area (Å²) >= 11 is 0. The normalized spacial score (nSPS) is 35.1. The zero-order chi connectivity index (χ0) is 36.3. The molecule has 3 aliphatic carbocycles. The molecule has 12 atom stereocenters. The fourth-order valence-corrected chi connectivity index (χ4v) is 8.87. The lowest BCUT2D eigenvalue weighted by Crippen LogP contribution is -2.43. The predicted octanol–water partition coefficient (Wildman–Crippen LogP) is 6.88. The van der Waals surface area contributed by atoms with Gasteiger partial charge in [-0.1, -0.05) is 75.3 Å². The Hall–Kier alpha value is -3.07. The largest absolute Gasteiger partial charge is 0.481 e. The van der Waals surface area contributed by atoms with Crippen molar-refractivity contribution in [1.82, 2.24) is 0 Å². The van der Waals surface area contributed by atoms with Gasteiger partial charge in [-0.2, -0.15) is 0 Å². The predicted molar refractivity (Wildman–Crippen MR) is 190 cm³/mol. The number of carbonyl (C=O) groups excluding carboxylic acids is 2. The average Bonchev–Trinajstić information content (AvgIpc) is 3.24. The summed E-state index contributed by atoms with van der Waals surface area (Å²) in [4.78, 5) is 38.2. The highest BCUT2D eigenvalue weighted by atomic mass is 16.6. The van der Waals surface area contributed by atoms with Crippen molar-refractivity contribution in [3.63, 3.8) is 0 Å². The maximum atomic E-state index is 13.9. The van der Waals surface area contributed by atoms with Gasteiger partial charge < -0.3 is 25.2 Å². The topological polar surface area (TPSA) is 141 Å². The van der Waals surface area contributed by atoms with E-state index >= 15 is 0 Å². The Morgan fingerprint density at radius 3 is 2.39 bits per heavy atom. The van der Waals surface area contributed by atoms with Crippen LogP contribution in [0.15, 0.2) is 69.9 Å². The van der Waals surface area contributed by atoms with Gasteiger partial charge in [0.15, 0.2) is 0 Å². The molecule has 0 amide bonds. The molecule has 1 heterocycles. The highest BCUT2D eigenvalue weighted by Gasteiger charge is 2.51. The summed E-state index contributed by atoms with van der Waals surface area (Å²) in [5.41, 5.74) is 5.16. The van der Waals surface area contributed by atoms with Gasteiger partial charge >= 0.3 is 17.9 Å². The second-order valence-electron chi connectivity index (χ2n) is 15.8. The Bertz CT molecular complexity index is 1460. The number of carboxylic acids is 1. The van der Waals surface area contributed by atoms with Gasteiger partial charge in [0, 0.05) is 23.3 Å². The summed E-state index contributed by atoms with van der Waals surface area (Å²) in [5, 5.41) is 41.8. The number of aliphatic carboxylic acids is 1. The minimum Gasteiger partial charge on any atom is -0.481 e. The van der Waals surface area contributed by atoms with Crippen molar-refractivity contribution in [2.45, 2.75) is 112 Å². The van der Waals surface area contributed by atoms with Gasteiger partial charge in [0.2, 0.25) is 0 Å². The van der Waals surface area contributed by atoms with E-state index in [1.54, 1.807) is 13.8 Å². The van der Waals surface area contributed by atoms with Crippen molar-refractivity contribution >= 4 is 17.9 Å². The number of carboxylic acid groups (broad SMARTS) is 1. The quantitative estimate of drug-likeness (QED) is 0.0802. The number of hydrogen-bond acceptors (Lipinski definition) is 7. The van der Waals surface area contributed by atoms with E-state index in [1.165, 1.54) is 5.57 Å². The molecule has 1 aliphatic heterocycles. The second-order valence-corrected chi connectivity index (χ2v) is 15.8. The van der Waals surface area contributed by atoms with Crippen LogP contribution in [0.2, 0.25) is 0 Å². The number of ether oxygens (including phenoxy) is 1. The van der Waals surface area contributed by atoms with Crippen LogP contribution in [0.25, 0.3) is 0 Å². The van der Waals surface area contributed by atoms with Crippen molar-refractivity contribution in [2.24, 2.45) is 53.3 Å². The average molecular weight is 679 g/mol. The van der Waals surface area contributed by atoms with E-state index in [0.717, 1.165) is 48.0 Å². The number of allylic oxidation sites excluding steroid dienone is 7. The van der Waals surface area contributed by atoms with Gasteiger partial charge in [-0.25, -0.2) is 4.79 Å². The molecule has 8 heteroatoms. The SMILES string of the molecule is CC1=CC2C(O)C(C)CCC2C2C(=O)OC(=O)/C(C)=C3/CC(O)C(C)C3=C2C1/C=C/C=C/C=C(\C)CC(C)CC(C)CC(O)C(C)C(=O)O. The minimum atomic E-state index is -0.978. The van der Waals surface area contributed by atoms with E-state index in [1.807, 2.05) is 39.0 Å². The fraction of sp³-hybridized carbons (Fsp3) is 0.634. The molecule has 0 saturated heterocycles. The van der Waals surface area contributed by atoms with Gasteiger partial charge in [0.05, 0.1) is 30.1 Å². The molecule has 0 spiro atoms. The fourth-order valence-electron chi connectivity index (χ4n) is 8.87. The lowest BCUT2D eigenvalue weighted by atomic mass is 9.65. The van der Waals surface area contributed by atoms with Crippen LogP contribution in [0.4, 0.5) is 0 Å². The van der Waals surface area contributed by atoms with Gasteiger partial charge in [0.25, 0.3) is 0 Å². The van der Waals surface area contributed by atoms with Crippen molar-refractivity contribution in [1.29, 1.82) is 0 Å². The van der Waals surface area contributed by atoms with Crippen LogP contribution in [0.3, 0.4) is 0 Å². The smallest absolute Gasteiger partial charge is 0.341 e. The molecular formula is C41H58O8. The van der Waals surface area contributed by atoms with E-state index in [-0.39, 0.29) is 35.5 Å². The first-order valence-electron chi connectivity index (χ1n) is 18.2. The Labute approximate surface area is 292 Å². The number of rotatable bonds is 11. The number of aliphatic hydroxyl groups excluding tert-OH is 3. The molecule has 4 rings (SSSR count). The number of cyclic esters (lactones) is 2. The third kappa shape index (κ3) is 8.63. The zero-order valence-corrected chi connectivity index (χ0v) is 30.6. The number of fused-ring (bicyclic) bond motifs is 4. The lowest BCUT2D eigenvalue weighted by Gasteiger charge is -2.41. The van der Waals surface area contributed by atoms with Crippen LogP contribution in [-0.2, 0) is 19.1 Å². The van der Waals surface area contributed by atoms with Crippen LogP contribution in [0, 0.1) is 53.3 Å². The Balaban J connectivity index is 1.61. The van der Waals surface area contributed by atoms with E-state index in [9.17, 15) is 34.8 Å². The highest BCUT2D eigenvalue weighted by Crippen LogP contribution is 2.53. The molecule has 4 N–H and O–H groups in total. The van der Waals surface area contributed by atoms with E-state index in [2.05, 4.69) is 39.0 Å². The lowest BCUT2D eigenvalue weighted by molar-refractivity contribution is -0.162. The first-order chi connectivity index (χ1) is 23.0. The second kappa shape index (κ2) is 16.3. The van der Waals surface area contributed by atoms with Gasteiger partial charge in [-0.3, -0.25) is 9.59 Å². The summed E-state index contributed by atoms with van der Waals surface area (Å²) < 4.78 is 5.53. The van der Waals surface area contributed by atoms with Crippen molar-refractivity contribution in [2.75, 3.05) is 0 Å². The molecule has 0 aromatic heterocycles. The van der Waals surface area contributed by atoms with E-state index in [4.69, 9.17) is 4.74 Å². The zero-order valence-electron chi connectivity index (χ0n) is 30.6. The molecule has 4 aliphatic rings. The summed E-state index contributed by atoms with van der Waals surface area (Å²) in [6, 6.07) is 0. The van der Waals surface area contributed by atoms with E-state index < -0.39 is 48.1 Å². The first kappa shape index (κ1) is 38.7. The van der Waals surface area contributed by atoms with Crippen molar-refractivity contribution in [3.8, 4) is 0 Å². The maximum absolute atomic E-state index is 13.9. The molecule has 12 unspecified atom stereocenters. The molecule has 2 saturated carbocycles. The number of hydrogen-bond donors (Lipinski definition) is 4. The summed E-state index contributed by atoms with van der Waals surface area (Å²) in [6.07, 6.45) is 14.2. The van der Waals surface area contributed by atoms with Gasteiger partial charge in [0.1, 0.15) is 0 Å². The monoisotopic (exact) mass is 678 g/mol. The standard InChI is InChI=1S/C41H58O8/c1-21(16-22(2)17-23(3)18-33(42)28(8)39(45)46)12-10-9-11-13-29-25(5)19-32-30(15-14-24(4)38(32)44)37-36(29)35-27(7)34(43)20-31(35)26(6)40(47)49-41(37)48/h9-13,19,22-24,27-30,32-34,37-38,42-44H,14-18,20H2,1-8H3,(H,45,46)/b10-9+,13-11+,21-12+,31-26-,36-35?. The van der Waals surface area contributed by atoms with Crippen LogP contribution >= 0.6 is 0 Å². The molecule has 0 bridgehead atoms. The Kier molecular flexibility index (Phi) is 12.9. The highest BCUT2D eigenvalue weighted by molar-refractivity contribution is 5.99. The van der Waals surface area contributed by atoms with Crippen LogP contribution in [0.1, 0.15) is 93.9 Å². The van der Waals surface area contributed by atoms with Crippen LogP contribution in [0.5, 0.6) is 0 Å². The maximum Gasteiger partial charge on any atom is 0.341 e. The van der Waals surface area contributed by atoms with Crippen molar-refractivity contribution < 1.29 is 39.5 Å².